The molecule has 1 heterocycles. The highest BCUT2D eigenvalue weighted by molar-refractivity contribution is 6.04. The lowest BCUT2D eigenvalue weighted by molar-refractivity contribution is -0.121. The fourth-order valence-electron chi connectivity index (χ4n) is 2.08. The number of hydrogen-bond acceptors (Lipinski definition) is 4. The van der Waals surface area contributed by atoms with Gasteiger partial charge in [-0.3, -0.25) is 19.8 Å². The molecule has 6 nitrogen and oxygen atoms in total. The smallest absolute Gasteiger partial charge is 0.274 e. The van der Waals surface area contributed by atoms with Gasteiger partial charge in [-0.2, -0.15) is 0 Å². The Morgan fingerprint density at radius 2 is 2.10 bits per heavy atom. The molecule has 0 fully saturated rings. The molecule has 0 saturated carbocycles. The van der Waals surface area contributed by atoms with Crippen molar-refractivity contribution in [1.29, 1.82) is 0 Å². The van der Waals surface area contributed by atoms with Gasteiger partial charge in [-0.1, -0.05) is 20.8 Å². The lowest BCUT2D eigenvalue weighted by Crippen LogP contribution is -2.45. The summed E-state index contributed by atoms with van der Waals surface area (Å²) in [5.74, 6) is -0.669. The van der Waals surface area contributed by atoms with Crippen molar-refractivity contribution < 1.29 is 9.59 Å². The van der Waals surface area contributed by atoms with Crippen LogP contribution < -0.4 is 11.1 Å². The van der Waals surface area contributed by atoms with E-state index in [0.29, 0.717) is 18.8 Å². The number of carbonyl (C=O) groups is 2. The number of nitrogens with one attached hydrogen (secondary N) is 1. The van der Waals surface area contributed by atoms with E-state index in [2.05, 4.69) is 19.2 Å². The van der Waals surface area contributed by atoms with E-state index in [-0.39, 0.29) is 23.8 Å². The predicted octanol–water partition coefficient (Wildman–Crippen LogP) is 0.588. The molecule has 0 saturated heterocycles. The van der Waals surface area contributed by atoms with Crippen LogP contribution in [-0.4, -0.2) is 47.5 Å². The van der Waals surface area contributed by atoms with Crippen LogP contribution in [0.3, 0.4) is 0 Å². The molecule has 0 aliphatic carbocycles. The number of imide groups is 1. The number of nitrogens with two attached hydrogens (primary N) is 1. The Labute approximate surface area is 126 Å². The molecular formula is C15H26N4O2. The van der Waals surface area contributed by atoms with E-state index < -0.39 is 0 Å². The van der Waals surface area contributed by atoms with Gasteiger partial charge in [0.15, 0.2) is 0 Å². The van der Waals surface area contributed by atoms with Crippen LogP contribution in [0, 0.1) is 5.41 Å². The van der Waals surface area contributed by atoms with Gasteiger partial charge in [0.2, 0.25) is 5.91 Å². The molecule has 1 aromatic heterocycles. The zero-order chi connectivity index (χ0) is 16.0. The highest BCUT2D eigenvalue weighted by Crippen LogP contribution is 2.14. The Morgan fingerprint density at radius 3 is 2.57 bits per heavy atom. The van der Waals surface area contributed by atoms with Crippen molar-refractivity contribution in [2.75, 3.05) is 26.2 Å². The van der Waals surface area contributed by atoms with Gasteiger partial charge in [-0.25, -0.2) is 0 Å². The second kappa shape index (κ2) is 7.38. The third kappa shape index (κ3) is 5.32. The minimum atomic E-state index is -0.373. The zero-order valence-corrected chi connectivity index (χ0v) is 13.3. The van der Waals surface area contributed by atoms with Crippen molar-refractivity contribution in [2.45, 2.75) is 20.8 Å². The van der Waals surface area contributed by atoms with Crippen LogP contribution in [0.4, 0.5) is 0 Å². The number of aryl methyl sites for hydroxylation is 1. The van der Waals surface area contributed by atoms with Crippen molar-refractivity contribution in [3.8, 4) is 0 Å². The van der Waals surface area contributed by atoms with E-state index in [4.69, 9.17) is 5.73 Å². The van der Waals surface area contributed by atoms with E-state index in [1.54, 1.807) is 29.9 Å². The number of hydrogen-bond donors (Lipinski definition) is 2. The van der Waals surface area contributed by atoms with Gasteiger partial charge in [-0.15, -0.1) is 0 Å². The number of carbonyl (C=O) groups excluding carboxylic acids is 2. The average Bonchev–Trinajstić information content (AvgIpc) is 2.83. The average molecular weight is 294 g/mol. The number of nitrogens with zero attached hydrogens (tertiary/aromatic N) is 2. The third-order valence-corrected chi connectivity index (χ3v) is 3.45. The van der Waals surface area contributed by atoms with Crippen LogP contribution in [0.2, 0.25) is 0 Å². The second-order valence-corrected chi connectivity index (χ2v) is 6.05. The summed E-state index contributed by atoms with van der Waals surface area (Å²) in [5, 5.41) is 2.42. The van der Waals surface area contributed by atoms with Crippen molar-refractivity contribution in [3.05, 3.63) is 24.0 Å². The lowest BCUT2D eigenvalue weighted by Gasteiger charge is -2.30. The minimum Gasteiger partial charge on any atom is -0.347 e. The first-order valence-corrected chi connectivity index (χ1v) is 7.17. The van der Waals surface area contributed by atoms with Crippen LogP contribution in [0.5, 0.6) is 0 Å². The van der Waals surface area contributed by atoms with E-state index in [1.165, 1.54) is 0 Å². The highest BCUT2D eigenvalue weighted by Gasteiger charge is 2.22. The maximum atomic E-state index is 12.0. The number of aromatic nitrogens is 1. The van der Waals surface area contributed by atoms with Crippen molar-refractivity contribution in [3.63, 3.8) is 0 Å². The van der Waals surface area contributed by atoms with Gasteiger partial charge in [0.1, 0.15) is 5.69 Å². The maximum Gasteiger partial charge on any atom is 0.274 e. The van der Waals surface area contributed by atoms with Crippen LogP contribution in [-0.2, 0) is 11.8 Å². The molecule has 0 aliphatic rings. The minimum absolute atomic E-state index is 0.0571. The molecule has 118 valence electrons. The third-order valence-electron chi connectivity index (χ3n) is 3.45. The van der Waals surface area contributed by atoms with Crippen LogP contribution >= 0.6 is 0 Å². The summed E-state index contributed by atoms with van der Waals surface area (Å²) < 4.78 is 1.68. The maximum absolute atomic E-state index is 12.0. The van der Waals surface area contributed by atoms with Gasteiger partial charge < -0.3 is 10.3 Å². The fourth-order valence-corrected chi connectivity index (χ4v) is 2.08. The first kappa shape index (κ1) is 17.4. The number of rotatable bonds is 7. The van der Waals surface area contributed by atoms with E-state index >= 15 is 0 Å². The van der Waals surface area contributed by atoms with Gasteiger partial charge in [0.25, 0.3) is 5.91 Å². The first-order chi connectivity index (χ1) is 9.79. The first-order valence-electron chi connectivity index (χ1n) is 7.17. The fraction of sp³-hybridized carbons (Fsp3) is 0.600. The summed E-state index contributed by atoms with van der Waals surface area (Å²) in [5.41, 5.74) is 6.13. The molecule has 0 atom stereocenters. The van der Waals surface area contributed by atoms with E-state index in [9.17, 15) is 9.59 Å². The molecule has 1 rings (SSSR count). The van der Waals surface area contributed by atoms with Crippen LogP contribution in [0.25, 0.3) is 0 Å². The normalized spacial score (nSPS) is 11.7. The second-order valence-electron chi connectivity index (χ2n) is 6.05. The lowest BCUT2D eigenvalue weighted by atomic mass is 9.93. The summed E-state index contributed by atoms with van der Waals surface area (Å²) >= 11 is 0. The van der Waals surface area contributed by atoms with Crippen molar-refractivity contribution in [1.82, 2.24) is 14.8 Å². The summed E-state index contributed by atoms with van der Waals surface area (Å²) in [4.78, 5) is 25.9. The zero-order valence-electron chi connectivity index (χ0n) is 13.3. The molecule has 0 spiro atoms. The Kier molecular flexibility index (Phi) is 6.11. The molecule has 3 N–H and O–H groups in total. The van der Waals surface area contributed by atoms with E-state index in [0.717, 1.165) is 6.54 Å². The Bertz CT molecular complexity index is 494. The van der Waals surface area contributed by atoms with Crippen molar-refractivity contribution in [2.24, 2.45) is 18.2 Å². The molecule has 0 aromatic carbocycles. The summed E-state index contributed by atoms with van der Waals surface area (Å²) in [6.45, 7) is 8.29. The van der Waals surface area contributed by atoms with Gasteiger partial charge >= 0.3 is 0 Å². The molecule has 0 radical (unpaired) electrons. The molecule has 0 unspecified atom stereocenters. The van der Waals surface area contributed by atoms with Crippen LogP contribution in [0.15, 0.2) is 18.3 Å². The molecule has 6 heteroatoms. The quantitative estimate of drug-likeness (QED) is 0.771. The van der Waals surface area contributed by atoms with Crippen molar-refractivity contribution >= 4 is 11.8 Å². The summed E-state index contributed by atoms with van der Waals surface area (Å²) in [7, 11) is 1.77. The standard InChI is InChI=1S/C15H26N4O2/c1-5-19(11-15(2,3)10-16)9-13(20)17-14(21)12-7-6-8-18(12)4/h6-8H,5,9-11,16H2,1-4H3,(H,17,20,21). The topological polar surface area (TPSA) is 80.4 Å². The summed E-state index contributed by atoms with van der Waals surface area (Å²) in [6.07, 6.45) is 1.77. The SMILES string of the molecule is CCN(CC(=O)NC(=O)c1cccn1C)CC(C)(C)CN. The molecule has 0 aliphatic heterocycles. The molecule has 21 heavy (non-hydrogen) atoms. The molecule has 0 bridgehead atoms. The Balaban J connectivity index is 2.56. The Hall–Kier alpha value is -1.66. The van der Waals surface area contributed by atoms with Gasteiger partial charge in [0, 0.05) is 19.8 Å². The molecule has 1 aromatic rings. The monoisotopic (exact) mass is 294 g/mol. The predicted molar refractivity (Wildman–Crippen MR) is 82.8 cm³/mol. The highest BCUT2D eigenvalue weighted by atomic mass is 16.2. The Morgan fingerprint density at radius 1 is 1.43 bits per heavy atom. The largest absolute Gasteiger partial charge is 0.347 e. The molecular weight excluding hydrogens is 268 g/mol. The number of likely N-dealkylation sites (N-methyl/N-ethyl adjacent to an activating group) is 1. The number of amides is 2. The van der Waals surface area contributed by atoms with E-state index in [1.807, 2.05) is 11.8 Å². The summed E-state index contributed by atoms with van der Waals surface area (Å²) in [6, 6.07) is 3.44. The van der Waals surface area contributed by atoms with Gasteiger partial charge in [0.05, 0.1) is 6.54 Å². The van der Waals surface area contributed by atoms with Gasteiger partial charge in [-0.05, 0) is 30.6 Å². The van der Waals surface area contributed by atoms with Crippen LogP contribution in [0.1, 0.15) is 31.3 Å². The molecule has 2 amide bonds.